The zero-order chi connectivity index (χ0) is 30.9. The lowest BCUT2D eigenvalue weighted by atomic mass is 9.98. The summed E-state index contributed by atoms with van der Waals surface area (Å²) in [4.78, 5) is 0. The molecule has 1 aliphatic heterocycles. The van der Waals surface area contributed by atoms with Crippen molar-refractivity contribution < 1.29 is 9.47 Å². The van der Waals surface area contributed by atoms with Crippen LogP contribution in [0.1, 0.15) is 181 Å². The van der Waals surface area contributed by atoms with Crippen LogP contribution in [0.3, 0.4) is 0 Å². The molecule has 0 saturated carbocycles. The molecular weight excluding hydrogens is 526 g/mol. The van der Waals surface area contributed by atoms with E-state index in [-0.39, 0.29) is 12.0 Å². The summed E-state index contributed by atoms with van der Waals surface area (Å²) in [5.41, 5.74) is 0. The Labute approximate surface area is 269 Å². The maximum atomic E-state index is 6.39. The molecule has 3 nitrogen and oxygen atoms in total. The van der Waals surface area contributed by atoms with Gasteiger partial charge in [0.05, 0.1) is 6.61 Å². The molecule has 1 saturated heterocycles. The molecule has 1 fully saturated rings. The average Bonchev–Trinajstić information content (AvgIpc) is 3.44. The highest BCUT2D eigenvalue weighted by Crippen LogP contribution is 2.34. The van der Waals surface area contributed by atoms with E-state index in [1.165, 1.54) is 141 Å². The molecule has 1 aliphatic rings. The van der Waals surface area contributed by atoms with Crippen molar-refractivity contribution in [1.29, 1.82) is 0 Å². The summed E-state index contributed by atoms with van der Waals surface area (Å²) >= 11 is 0. The number of hydrogen-bond donors (Lipinski definition) is 1. The van der Waals surface area contributed by atoms with Gasteiger partial charge in [0.15, 0.2) is 5.79 Å². The van der Waals surface area contributed by atoms with E-state index < -0.39 is 0 Å². The van der Waals surface area contributed by atoms with Crippen molar-refractivity contribution in [3.05, 3.63) is 48.6 Å². The van der Waals surface area contributed by atoms with Crippen molar-refractivity contribution in [1.82, 2.24) is 5.32 Å². The number of nitrogens with one attached hydrogen (secondary N) is 1. The van der Waals surface area contributed by atoms with E-state index >= 15 is 0 Å². The van der Waals surface area contributed by atoms with Crippen LogP contribution in [0.25, 0.3) is 0 Å². The summed E-state index contributed by atoms with van der Waals surface area (Å²) in [6.45, 7) is 5.21. The fourth-order valence-electron chi connectivity index (χ4n) is 5.85. The van der Waals surface area contributed by atoms with Gasteiger partial charge in [0.25, 0.3) is 0 Å². The minimum absolute atomic E-state index is 0.0502. The molecule has 1 heterocycles. The van der Waals surface area contributed by atoms with Crippen LogP contribution in [-0.2, 0) is 9.47 Å². The molecule has 1 N–H and O–H groups in total. The lowest BCUT2D eigenvalue weighted by molar-refractivity contribution is -0.181. The third-order valence-electron chi connectivity index (χ3n) is 8.69. The van der Waals surface area contributed by atoms with Crippen LogP contribution in [0.2, 0.25) is 0 Å². The Morgan fingerprint density at radius 1 is 0.512 bits per heavy atom. The van der Waals surface area contributed by atoms with Crippen LogP contribution in [0.4, 0.5) is 0 Å². The van der Waals surface area contributed by atoms with Gasteiger partial charge in [-0.05, 0) is 84.1 Å². The number of ether oxygens (including phenoxy) is 2. The minimum Gasteiger partial charge on any atom is -0.346 e. The first kappa shape index (κ1) is 39.9. The third kappa shape index (κ3) is 24.8. The highest BCUT2D eigenvalue weighted by Gasteiger charge is 2.39. The molecule has 0 aromatic rings. The largest absolute Gasteiger partial charge is 0.346 e. The summed E-state index contributed by atoms with van der Waals surface area (Å²) in [6, 6.07) is 0. The van der Waals surface area contributed by atoms with E-state index in [1.807, 2.05) is 7.05 Å². The maximum Gasteiger partial charge on any atom is 0.170 e. The number of unbranched alkanes of at least 4 members (excludes halogenated alkanes) is 18. The Morgan fingerprint density at radius 2 is 0.884 bits per heavy atom. The van der Waals surface area contributed by atoms with E-state index in [0.717, 1.165) is 25.7 Å². The summed E-state index contributed by atoms with van der Waals surface area (Å²) in [5.74, 6) is -0.349. The van der Waals surface area contributed by atoms with Crippen LogP contribution < -0.4 is 5.32 Å². The van der Waals surface area contributed by atoms with Crippen LogP contribution >= 0.6 is 0 Å². The Morgan fingerprint density at radius 3 is 1.26 bits per heavy atom. The minimum atomic E-state index is -0.349. The second kappa shape index (κ2) is 30.8. The topological polar surface area (TPSA) is 30.5 Å². The SMILES string of the molecule is CCCCC/C=C\C/C=C\CCCCCCCCC1(CCCCCCCC/C=C\C/C=C\CCCCC)OCC(NC)O1. The molecule has 0 aliphatic carbocycles. The molecule has 0 aromatic heterocycles. The Kier molecular flexibility index (Phi) is 28.6. The molecule has 1 rings (SSSR count). The first-order valence-corrected chi connectivity index (χ1v) is 18.9. The normalized spacial score (nSPS) is 17.1. The van der Waals surface area contributed by atoms with E-state index in [0.29, 0.717) is 6.61 Å². The summed E-state index contributed by atoms with van der Waals surface area (Å²) in [6.07, 6.45) is 51.8. The summed E-state index contributed by atoms with van der Waals surface area (Å²) < 4.78 is 12.7. The highest BCUT2D eigenvalue weighted by molar-refractivity contribution is 4.93. The Balaban J connectivity index is 2.04. The molecule has 0 amide bonds. The van der Waals surface area contributed by atoms with Gasteiger partial charge in [-0.25, -0.2) is 0 Å². The van der Waals surface area contributed by atoms with Gasteiger partial charge in [-0.15, -0.1) is 0 Å². The summed E-state index contributed by atoms with van der Waals surface area (Å²) in [7, 11) is 1.98. The predicted octanol–water partition coefficient (Wildman–Crippen LogP) is 12.7. The fraction of sp³-hybridized carbons (Fsp3) is 0.800. The van der Waals surface area contributed by atoms with Crippen molar-refractivity contribution in [3.63, 3.8) is 0 Å². The number of rotatable bonds is 31. The molecule has 0 radical (unpaired) electrons. The van der Waals surface area contributed by atoms with Crippen molar-refractivity contribution in [2.45, 2.75) is 193 Å². The zero-order valence-corrected chi connectivity index (χ0v) is 29.1. The van der Waals surface area contributed by atoms with Crippen molar-refractivity contribution in [2.24, 2.45) is 0 Å². The van der Waals surface area contributed by atoms with Gasteiger partial charge in [-0.3, -0.25) is 5.32 Å². The van der Waals surface area contributed by atoms with Gasteiger partial charge >= 0.3 is 0 Å². The van der Waals surface area contributed by atoms with Crippen molar-refractivity contribution in [2.75, 3.05) is 13.7 Å². The maximum absolute atomic E-state index is 6.39. The molecular formula is C40H73NO2. The van der Waals surface area contributed by atoms with Crippen LogP contribution in [-0.4, -0.2) is 25.7 Å². The molecule has 250 valence electrons. The van der Waals surface area contributed by atoms with E-state index in [9.17, 15) is 0 Å². The van der Waals surface area contributed by atoms with Gasteiger partial charge in [0.2, 0.25) is 0 Å². The Hall–Kier alpha value is -1.16. The molecule has 43 heavy (non-hydrogen) atoms. The van der Waals surface area contributed by atoms with E-state index in [2.05, 4.69) is 67.8 Å². The molecule has 3 heteroatoms. The molecule has 0 bridgehead atoms. The standard InChI is InChI=1S/C40H73NO2/c1-4-6-8-10-12-14-16-18-20-22-24-26-28-30-32-34-36-40(42-38-39(41-3)43-40)37-35-33-31-29-27-25-23-21-19-17-15-13-11-9-7-5-2/h12-15,18-21,39,41H,4-11,16-17,22-38H2,1-3H3/b14-12-,15-13-,20-18-,21-19-. The van der Waals surface area contributed by atoms with Crippen LogP contribution in [0.5, 0.6) is 0 Å². The highest BCUT2D eigenvalue weighted by atomic mass is 16.8. The van der Waals surface area contributed by atoms with Crippen LogP contribution in [0.15, 0.2) is 48.6 Å². The average molecular weight is 600 g/mol. The monoisotopic (exact) mass is 600 g/mol. The zero-order valence-electron chi connectivity index (χ0n) is 29.1. The first-order chi connectivity index (χ1) is 21.3. The fourth-order valence-corrected chi connectivity index (χ4v) is 5.85. The lowest BCUT2D eigenvalue weighted by Crippen LogP contribution is -2.34. The second-order valence-corrected chi connectivity index (χ2v) is 12.8. The first-order valence-electron chi connectivity index (χ1n) is 18.9. The van der Waals surface area contributed by atoms with Gasteiger partial charge in [0, 0.05) is 12.8 Å². The summed E-state index contributed by atoms with van der Waals surface area (Å²) in [5, 5.41) is 3.27. The van der Waals surface area contributed by atoms with Gasteiger partial charge < -0.3 is 9.47 Å². The quantitative estimate of drug-likeness (QED) is 0.0635. The van der Waals surface area contributed by atoms with Gasteiger partial charge in [0.1, 0.15) is 6.23 Å². The van der Waals surface area contributed by atoms with Gasteiger partial charge in [-0.1, -0.05) is 140 Å². The van der Waals surface area contributed by atoms with Crippen molar-refractivity contribution >= 4 is 0 Å². The molecule has 1 unspecified atom stereocenters. The smallest absolute Gasteiger partial charge is 0.170 e. The Bertz CT molecular complexity index is 647. The second-order valence-electron chi connectivity index (χ2n) is 12.8. The number of allylic oxidation sites excluding steroid dienone is 8. The predicted molar refractivity (Wildman–Crippen MR) is 191 cm³/mol. The number of likely N-dealkylation sites (N-methyl/N-ethyl adjacent to an activating group) is 1. The van der Waals surface area contributed by atoms with Gasteiger partial charge in [-0.2, -0.15) is 0 Å². The molecule has 0 aromatic carbocycles. The van der Waals surface area contributed by atoms with Crippen molar-refractivity contribution in [3.8, 4) is 0 Å². The molecule has 0 spiro atoms. The number of hydrogen-bond acceptors (Lipinski definition) is 3. The van der Waals surface area contributed by atoms with Crippen LogP contribution in [0, 0.1) is 0 Å². The van der Waals surface area contributed by atoms with E-state index in [1.54, 1.807) is 0 Å². The molecule has 1 atom stereocenters. The van der Waals surface area contributed by atoms with E-state index in [4.69, 9.17) is 9.47 Å². The third-order valence-corrected chi connectivity index (χ3v) is 8.69. The lowest BCUT2D eigenvalue weighted by Gasteiger charge is -2.28.